The number of carbonyl (C=O) groups excluding carboxylic acids is 1. The molecule has 0 unspecified atom stereocenters. The molecule has 1 aliphatic rings. The van der Waals surface area contributed by atoms with E-state index in [2.05, 4.69) is 20.1 Å². The Hall–Kier alpha value is -3.29. The van der Waals surface area contributed by atoms with Crippen molar-refractivity contribution < 1.29 is 14.1 Å². The van der Waals surface area contributed by atoms with E-state index in [1.165, 1.54) is 0 Å². The van der Waals surface area contributed by atoms with E-state index in [4.69, 9.17) is 9.26 Å². The van der Waals surface area contributed by atoms with Gasteiger partial charge < -0.3 is 14.2 Å². The van der Waals surface area contributed by atoms with Crippen molar-refractivity contribution in [1.82, 2.24) is 25.0 Å². The van der Waals surface area contributed by atoms with E-state index in [1.54, 1.807) is 47.8 Å². The van der Waals surface area contributed by atoms with Gasteiger partial charge in [-0.3, -0.25) is 9.78 Å². The topological polar surface area (TPSA) is 94.2 Å². The maximum absolute atomic E-state index is 12.5. The standard InChI is InChI=1S/C18H17N5O3/c1-2-25-14-5-3-12(4-6-14)18(24)23-10-13(11-23)17-21-16(22-26-17)15-9-19-7-8-20-15/h3-9,13H,2,10-11H2,1H3. The molecule has 4 rings (SSSR count). The molecule has 1 saturated heterocycles. The predicted octanol–water partition coefficient (Wildman–Crippen LogP) is 2.16. The maximum Gasteiger partial charge on any atom is 0.253 e. The zero-order valence-electron chi connectivity index (χ0n) is 14.2. The third kappa shape index (κ3) is 3.13. The lowest BCUT2D eigenvalue weighted by molar-refractivity contribution is 0.0569. The Morgan fingerprint density at radius 3 is 2.77 bits per heavy atom. The van der Waals surface area contributed by atoms with Gasteiger partial charge in [-0.15, -0.1) is 0 Å². The Morgan fingerprint density at radius 2 is 2.08 bits per heavy atom. The molecule has 1 aliphatic heterocycles. The van der Waals surface area contributed by atoms with Gasteiger partial charge in [0.2, 0.25) is 11.7 Å². The molecule has 1 aromatic carbocycles. The first-order valence-electron chi connectivity index (χ1n) is 8.36. The highest BCUT2D eigenvalue weighted by molar-refractivity contribution is 5.95. The van der Waals surface area contributed by atoms with E-state index in [0.29, 0.717) is 42.7 Å². The minimum Gasteiger partial charge on any atom is -0.494 e. The molecule has 0 N–H and O–H groups in total. The van der Waals surface area contributed by atoms with Crippen LogP contribution in [0, 0.1) is 0 Å². The highest BCUT2D eigenvalue weighted by Gasteiger charge is 2.36. The van der Waals surface area contributed by atoms with E-state index < -0.39 is 0 Å². The maximum atomic E-state index is 12.5. The number of benzene rings is 1. The smallest absolute Gasteiger partial charge is 0.253 e. The van der Waals surface area contributed by atoms with Crippen LogP contribution in [0.1, 0.15) is 29.1 Å². The van der Waals surface area contributed by atoms with Crippen LogP contribution in [0.3, 0.4) is 0 Å². The Kier molecular flexibility index (Phi) is 4.30. The number of nitrogens with zero attached hydrogens (tertiary/aromatic N) is 5. The van der Waals surface area contributed by atoms with Crippen molar-refractivity contribution in [3.63, 3.8) is 0 Å². The highest BCUT2D eigenvalue weighted by atomic mass is 16.5. The Morgan fingerprint density at radius 1 is 1.27 bits per heavy atom. The summed E-state index contributed by atoms with van der Waals surface area (Å²) in [6.07, 6.45) is 4.74. The molecular weight excluding hydrogens is 334 g/mol. The number of aromatic nitrogens is 4. The summed E-state index contributed by atoms with van der Waals surface area (Å²) >= 11 is 0. The van der Waals surface area contributed by atoms with Gasteiger partial charge in [0, 0.05) is 31.0 Å². The van der Waals surface area contributed by atoms with Crippen molar-refractivity contribution in [2.45, 2.75) is 12.8 Å². The zero-order chi connectivity index (χ0) is 17.9. The molecule has 0 radical (unpaired) electrons. The molecule has 8 nitrogen and oxygen atoms in total. The Labute approximate surface area is 149 Å². The molecule has 8 heteroatoms. The van der Waals surface area contributed by atoms with Crippen LogP contribution in [-0.4, -0.2) is 50.6 Å². The molecule has 0 atom stereocenters. The van der Waals surface area contributed by atoms with Crippen LogP contribution in [-0.2, 0) is 0 Å². The number of carbonyl (C=O) groups is 1. The molecule has 1 amide bonds. The first kappa shape index (κ1) is 16.2. The van der Waals surface area contributed by atoms with Crippen LogP contribution in [0.2, 0.25) is 0 Å². The molecule has 132 valence electrons. The first-order chi connectivity index (χ1) is 12.7. The molecule has 0 spiro atoms. The first-order valence-corrected chi connectivity index (χ1v) is 8.36. The van der Waals surface area contributed by atoms with Crippen LogP contribution < -0.4 is 4.74 Å². The number of hydrogen-bond acceptors (Lipinski definition) is 7. The summed E-state index contributed by atoms with van der Waals surface area (Å²) < 4.78 is 10.7. The second kappa shape index (κ2) is 6.91. The molecule has 3 aromatic rings. The van der Waals surface area contributed by atoms with Crippen molar-refractivity contribution in [3.05, 3.63) is 54.3 Å². The third-order valence-electron chi connectivity index (χ3n) is 4.16. The second-order valence-electron chi connectivity index (χ2n) is 5.91. The van der Waals surface area contributed by atoms with Crippen molar-refractivity contribution in [3.8, 4) is 17.3 Å². The quantitative estimate of drug-likeness (QED) is 0.695. The van der Waals surface area contributed by atoms with Crippen LogP contribution in [0.4, 0.5) is 0 Å². The van der Waals surface area contributed by atoms with Gasteiger partial charge in [0.15, 0.2) is 0 Å². The molecule has 0 aliphatic carbocycles. The number of likely N-dealkylation sites (tertiary alicyclic amines) is 1. The van der Waals surface area contributed by atoms with Crippen LogP contribution >= 0.6 is 0 Å². The fourth-order valence-corrected chi connectivity index (χ4v) is 2.76. The number of rotatable bonds is 5. The van der Waals surface area contributed by atoms with Gasteiger partial charge in [0.05, 0.1) is 18.7 Å². The summed E-state index contributed by atoms with van der Waals surface area (Å²) in [4.78, 5) is 26.8. The minimum absolute atomic E-state index is 0.0158. The van der Waals surface area contributed by atoms with Crippen LogP contribution in [0.25, 0.3) is 11.5 Å². The molecular formula is C18H17N5O3. The molecule has 1 fully saturated rings. The predicted molar refractivity (Wildman–Crippen MR) is 91.6 cm³/mol. The van der Waals surface area contributed by atoms with E-state index >= 15 is 0 Å². The summed E-state index contributed by atoms with van der Waals surface area (Å²) in [7, 11) is 0. The van der Waals surface area contributed by atoms with Gasteiger partial charge in [-0.05, 0) is 31.2 Å². The normalized spacial score (nSPS) is 14.1. The average Bonchev–Trinajstić information content (AvgIpc) is 3.12. The molecule has 3 heterocycles. The summed E-state index contributed by atoms with van der Waals surface area (Å²) in [5.41, 5.74) is 1.20. The molecule has 0 bridgehead atoms. The number of ether oxygens (including phenoxy) is 1. The van der Waals surface area contributed by atoms with Gasteiger partial charge in [0.25, 0.3) is 5.91 Å². The van der Waals surface area contributed by atoms with E-state index in [0.717, 1.165) is 5.75 Å². The molecule has 26 heavy (non-hydrogen) atoms. The highest BCUT2D eigenvalue weighted by Crippen LogP contribution is 2.28. The average molecular weight is 351 g/mol. The monoisotopic (exact) mass is 351 g/mol. The lowest BCUT2D eigenvalue weighted by atomic mass is 9.98. The Bertz CT molecular complexity index is 889. The van der Waals surface area contributed by atoms with E-state index in [-0.39, 0.29) is 11.8 Å². The molecule has 2 aromatic heterocycles. The van der Waals surface area contributed by atoms with E-state index in [9.17, 15) is 4.79 Å². The van der Waals surface area contributed by atoms with E-state index in [1.807, 2.05) is 6.92 Å². The second-order valence-corrected chi connectivity index (χ2v) is 5.91. The summed E-state index contributed by atoms with van der Waals surface area (Å²) in [5.74, 6) is 1.70. The summed E-state index contributed by atoms with van der Waals surface area (Å²) in [5, 5.41) is 3.94. The van der Waals surface area contributed by atoms with Gasteiger partial charge in [-0.2, -0.15) is 4.98 Å². The van der Waals surface area contributed by atoms with Crippen LogP contribution in [0.5, 0.6) is 5.75 Å². The number of hydrogen-bond donors (Lipinski definition) is 0. The van der Waals surface area contributed by atoms with Crippen molar-refractivity contribution >= 4 is 5.91 Å². The summed E-state index contributed by atoms with van der Waals surface area (Å²) in [6.45, 7) is 3.62. The lowest BCUT2D eigenvalue weighted by Gasteiger charge is -2.37. The lowest BCUT2D eigenvalue weighted by Crippen LogP contribution is -2.48. The van der Waals surface area contributed by atoms with Gasteiger partial charge >= 0.3 is 0 Å². The van der Waals surface area contributed by atoms with Crippen LogP contribution in [0.15, 0.2) is 47.4 Å². The van der Waals surface area contributed by atoms with Crippen molar-refractivity contribution in [1.29, 1.82) is 0 Å². The minimum atomic E-state index is -0.0158. The molecule has 0 saturated carbocycles. The van der Waals surface area contributed by atoms with Crippen molar-refractivity contribution in [2.75, 3.05) is 19.7 Å². The summed E-state index contributed by atoms with van der Waals surface area (Å²) in [6, 6.07) is 7.16. The van der Waals surface area contributed by atoms with Gasteiger partial charge in [-0.1, -0.05) is 5.16 Å². The largest absolute Gasteiger partial charge is 0.494 e. The Balaban J connectivity index is 1.38. The SMILES string of the molecule is CCOc1ccc(C(=O)N2CC(c3nc(-c4cnccn4)no3)C2)cc1. The van der Waals surface area contributed by atoms with Gasteiger partial charge in [0.1, 0.15) is 11.4 Å². The fourth-order valence-electron chi connectivity index (χ4n) is 2.76. The number of amides is 1. The van der Waals surface area contributed by atoms with Crippen molar-refractivity contribution in [2.24, 2.45) is 0 Å². The fraction of sp³-hybridized carbons (Fsp3) is 0.278. The zero-order valence-corrected chi connectivity index (χ0v) is 14.2. The van der Waals surface area contributed by atoms with Gasteiger partial charge in [-0.25, -0.2) is 4.98 Å². The third-order valence-corrected chi connectivity index (χ3v) is 4.16.